The van der Waals surface area contributed by atoms with E-state index in [1.807, 2.05) is 0 Å². The van der Waals surface area contributed by atoms with E-state index < -0.39 is 18.0 Å². The molecule has 2 aromatic rings. The molecule has 1 atom stereocenters. The molecule has 1 unspecified atom stereocenters. The lowest BCUT2D eigenvalue weighted by molar-refractivity contribution is -0.172. The fraction of sp³-hybridized carbons (Fsp3) is 0.353. The molecule has 0 radical (unpaired) electrons. The number of rotatable bonds is 5. The maximum absolute atomic E-state index is 13.7. The van der Waals surface area contributed by atoms with Crippen molar-refractivity contribution in [2.45, 2.75) is 31.0 Å². The second kappa shape index (κ2) is 7.61. The van der Waals surface area contributed by atoms with Crippen LogP contribution in [0.3, 0.4) is 0 Å². The minimum atomic E-state index is -4.53. The summed E-state index contributed by atoms with van der Waals surface area (Å²) in [6.07, 6.45) is -3.02. The number of benzene rings is 1. The maximum atomic E-state index is 13.7. The van der Waals surface area contributed by atoms with Crippen molar-refractivity contribution in [2.75, 3.05) is 6.54 Å². The molecule has 0 spiro atoms. The molecule has 0 aliphatic heterocycles. The molecule has 1 aromatic heterocycles. The monoisotopic (exact) mass is 374 g/mol. The van der Waals surface area contributed by atoms with E-state index in [1.165, 1.54) is 21.1 Å². The molecule has 8 heteroatoms. The topological polar surface area (TPSA) is 25.2 Å². The molecule has 0 fully saturated rings. The first-order chi connectivity index (χ1) is 11.6. The van der Waals surface area contributed by atoms with Crippen LogP contribution in [-0.4, -0.2) is 21.6 Å². The number of pyridine rings is 1. The number of nitrogens with zero attached hydrogens (tertiary/aromatic N) is 2. The predicted octanol–water partition coefficient (Wildman–Crippen LogP) is 4.47. The minimum absolute atomic E-state index is 0.0364. The van der Waals surface area contributed by atoms with Gasteiger partial charge in [0.2, 0.25) is 0 Å². The van der Waals surface area contributed by atoms with Gasteiger partial charge in [-0.15, -0.1) is 0 Å². The molecule has 136 valence electrons. The van der Waals surface area contributed by atoms with Gasteiger partial charge in [-0.2, -0.15) is 13.2 Å². The van der Waals surface area contributed by atoms with Crippen LogP contribution >= 0.6 is 11.9 Å². The number of aromatic nitrogens is 1. The van der Waals surface area contributed by atoms with Crippen molar-refractivity contribution >= 4 is 11.9 Å². The third kappa shape index (κ3) is 4.64. The normalized spacial score (nSPS) is 13.3. The van der Waals surface area contributed by atoms with Crippen molar-refractivity contribution < 1.29 is 17.6 Å². The van der Waals surface area contributed by atoms with Crippen molar-refractivity contribution in [1.82, 2.24) is 8.87 Å². The zero-order valence-corrected chi connectivity index (χ0v) is 14.8. The summed E-state index contributed by atoms with van der Waals surface area (Å²) in [5, 5.41) is 0. The van der Waals surface area contributed by atoms with Crippen LogP contribution in [-0.2, 0) is 7.05 Å². The molecular weight excluding hydrogens is 356 g/mol. The summed E-state index contributed by atoms with van der Waals surface area (Å²) in [4.78, 5) is 12.2. The SMILES string of the molecule is CCN(Sc1cn(C)c(=O)cc1C)C(c1ccc(F)cc1)C(F)(F)F. The predicted molar refractivity (Wildman–Crippen MR) is 89.9 cm³/mol. The molecule has 0 bridgehead atoms. The molecule has 0 saturated heterocycles. The fourth-order valence-electron chi connectivity index (χ4n) is 2.38. The van der Waals surface area contributed by atoms with Crippen molar-refractivity contribution in [2.24, 2.45) is 7.05 Å². The van der Waals surface area contributed by atoms with Crippen molar-refractivity contribution in [3.05, 3.63) is 63.8 Å². The first-order valence-electron chi connectivity index (χ1n) is 7.57. The Morgan fingerprint density at radius 3 is 2.36 bits per heavy atom. The van der Waals surface area contributed by atoms with Gasteiger partial charge < -0.3 is 4.57 Å². The van der Waals surface area contributed by atoms with Crippen LogP contribution in [0.1, 0.15) is 24.1 Å². The molecule has 25 heavy (non-hydrogen) atoms. The molecule has 0 saturated carbocycles. The van der Waals surface area contributed by atoms with E-state index in [1.54, 1.807) is 20.9 Å². The van der Waals surface area contributed by atoms with Gasteiger partial charge in [0.25, 0.3) is 5.56 Å². The number of alkyl halides is 3. The largest absolute Gasteiger partial charge is 0.408 e. The van der Waals surface area contributed by atoms with Gasteiger partial charge in [0.05, 0.1) is 0 Å². The van der Waals surface area contributed by atoms with Gasteiger partial charge in [0.1, 0.15) is 11.9 Å². The van der Waals surface area contributed by atoms with E-state index in [9.17, 15) is 22.4 Å². The van der Waals surface area contributed by atoms with Crippen LogP contribution in [0, 0.1) is 12.7 Å². The summed E-state index contributed by atoms with van der Waals surface area (Å²) in [6, 6.07) is 3.82. The van der Waals surface area contributed by atoms with E-state index in [2.05, 4.69) is 0 Å². The van der Waals surface area contributed by atoms with Gasteiger partial charge in [0, 0.05) is 30.8 Å². The second-order valence-electron chi connectivity index (χ2n) is 5.59. The van der Waals surface area contributed by atoms with Crippen LogP contribution in [0.4, 0.5) is 17.6 Å². The van der Waals surface area contributed by atoms with E-state index in [4.69, 9.17) is 0 Å². The molecule has 0 amide bonds. The van der Waals surface area contributed by atoms with Gasteiger partial charge in [-0.25, -0.2) is 8.70 Å². The Kier molecular flexibility index (Phi) is 5.95. The highest BCUT2D eigenvalue weighted by Crippen LogP contribution is 2.43. The van der Waals surface area contributed by atoms with Crippen molar-refractivity contribution in [3.8, 4) is 0 Å². The summed E-state index contributed by atoms with van der Waals surface area (Å²) in [5.41, 5.74) is 0.341. The average Bonchev–Trinajstić information content (AvgIpc) is 2.52. The number of hydrogen-bond acceptors (Lipinski definition) is 3. The third-order valence-electron chi connectivity index (χ3n) is 3.70. The molecule has 1 heterocycles. The van der Waals surface area contributed by atoms with Crippen LogP contribution in [0.5, 0.6) is 0 Å². The standard InChI is InChI=1S/C17H18F4N2OS/c1-4-23(25-14-10-22(3)15(24)9-11(14)2)16(17(19,20)21)12-5-7-13(18)8-6-12/h5-10,16H,4H2,1-3H3. The lowest BCUT2D eigenvalue weighted by atomic mass is 10.1. The first-order valence-corrected chi connectivity index (χ1v) is 8.35. The van der Waals surface area contributed by atoms with Crippen LogP contribution in [0.25, 0.3) is 0 Å². The van der Waals surface area contributed by atoms with Crippen molar-refractivity contribution in [1.29, 1.82) is 0 Å². The summed E-state index contributed by atoms with van der Waals surface area (Å²) < 4.78 is 56.6. The summed E-state index contributed by atoms with van der Waals surface area (Å²) in [5.74, 6) is -0.589. The minimum Gasteiger partial charge on any atom is -0.317 e. The highest BCUT2D eigenvalue weighted by molar-refractivity contribution is 7.97. The van der Waals surface area contributed by atoms with Gasteiger partial charge in [-0.3, -0.25) is 4.79 Å². The molecule has 1 aromatic carbocycles. The van der Waals surface area contributed by atoms with E-state index in [-0.39, 0.29) is 17.7 Å². The summed E-state index contributed by atoms with van der Waals surface area (Å²) >= 11 is 0.932. The maximum Gasteiger partial charge on any atom is 0.408 e. The summed E-state index contributed by atoms with van der Waals surface area (Å²) in [7, 11) is 1.54. The highest BCUT2D eigenvalue weighted by Gasteiger charge is 2.45. The third-order valence-corrected chi connectivity index (χ3v) is 5.03. The van der Waals surface area contributed by atoms with E-state index in [0.29, 0.717) is 10.5 Å². The molecule has 0 aliphatic rings. The molecule has 0 N–H and O–H groups in total. The van der Waals surface area contributed by atoms with E-state index >= 15 is 0 Å². The second-order valence-corrected chi connectivity index (χ2v) is 6.68. The van der Waals surface area contributed by atoms with Crippen LogP contribution in [0.2, 0.25) is 0 Å². The Balaban J connectivity index is 2.42. The number of halogens is 4. The highest BCUT2D eigenvalue weighted by atomic mass is 32.2. The Morgan fingerprint density at radius 1 is 1.24 bits per heavy atom. The summed E-state index contributed by atoms with van der Waals surface area (Å²) in [6.45, 7) is 3.40. The Labute approximate surface area is 147 Å². The van der Waals surface area contributed by atoms with E-state index in [0.717, 1.165) is 36.2 Å². The Hall–Kier alpha value is -1.80. The lowest BCUT2D eigenvalue weighted by Crippen LogP contribution is -2.34. The van der Waals surface area contributed by atoms with Gasteiger partial charge >= 0.3 is 6.18 Å². The zero-order chi connectivity index (χ0) is 18.8. The Bertz CT molecular complexity index is 787. The van der Waals surface area contributed by atoms with Gasteiger partial charge in [-0.05, 0) is 42.1 Å². The quantitative estimate of drug-likeness (QED) is 0.571. The lowest BCUT2D eigenvalue weighted by Gasteiger charge is -2.31. The number of aryl methyl sites for hydroxylation is 2. The molecule has 0 aliphatic carbocycles. The van der Waals surface area contributed by atoms with Gasteiger partial charge in [0.15, 0.2) is 0 Å². The zero-order valence-electron chi connectivity index (χ0n) is 14.0. The molecule has 2 rings (SSSR count). The smallest absolute Gasteiger partial charge is 0.317 e. The fourth-order valence-corrected chi connectivity index (χ4v) is 3.52. The molecular formula is C17H18F4N2OS. The van der Waals surface area contributed by atoms with Crippen molar-refractivity contribution in [3.63, 3.8) is 0 Å². The Morgan fingerprint density at radius 2 is 1.84 bits per heavy atom. The number of hydrogen-bond donors (Lipinski definition) is 0. The van der Waals surface area contributed by atoms with Gasteiger partial charge in [-0.1, -0.05) is 19.1 Å². The molecule has 3 nitrogen and oxygen atoms in total. The van der Waals surface area contributed by atoms with Crippen LogP contribution in [0.15, 0.2) is 46.2 Å². The average molecular weight is 374 g/mol. The first kappa shape index (κ1) is 19.5. The van der Waals surface area contributed by atoms with Crippen LogP contribution < -0.4 is 5.56 Å².